The van der Waals surface area contributed by atoms with E-state index >= 15 is 0 Å². The summed E-state index contributed by atoms with van der Waals surface area (Å²) in [5, 5.41) is 8.79. The molecule has 122 valence electrons. The van der Waals surface area contributed by atoms with Crippen LogP contribution in [0.3, 0.4) is 0 Å². The predicted molar refractivity (Wildman–Crippen MR) is 85.0 cm³/mol. The highest BCUT2D eigenvalue weighted by Gasteiger charge is 2.16. The molecule has 0 aliphatic heterocycles. The zero-order valence-electron chi connectivity index (χ0n) is 13.5. The standard InChI is InChI=1S/C17H25NO4/c1-13(2)12-18(10-9-17(20)21)16(19)8-7-14-5-4-6-15(11-14)22-3/h4-6,11,13H,7-10,12H2,1-3H3,(H,20,21). The van der Waals surface area contributed by atoms with Gasteiger partial charge in [-0.05, 0) is 30.0 Å². The molecule has 22 heavy (non-hydrogen) atoms. The summed E-state index contributed by atoms with van der Waals surface area (Å²) in [7, 11) is 1.61. The number of amides is 1. The van der Waals surface area contributed by atoms with Gasteiger partial charge in [-0.25, -0.2) is 0 Å². The Bertz CT molecular complexity index is 499. The van der Waals surface area contributed by atoms with E-state index in [1.807, 2.05) is 38.1 Å². The molecular weight excluding hydrogens is 282 g/mol. The molecule has 0 saturated carbocycles. The minimum atomic E-state index is -0.880. The van der Waals surface area contributed by atoms with Gasteiger partial charge in [0.2, 0.25) is 5.91 Å². The largest absolute Gasteiger partial charge is 0.497 e. The van der Waals surface area contributed by atoms with Gasteiger partial charge < -0.3 is 14.7 Å². The molecule has 1 aromatic rings. The maximum atomic E-state index is 12.3. The SMILES string of the molecule is COc1cccc(CCC(=O)N(CCC(=O)O)CC(C)C)c1. The first-order chi connectivity index (χ1) is 10.4. The lowest BCUT2D eigenvalue weighted by atomic mass is 10.1. The van der Waals surface area contributed by atoms with Crippen LogP contribution in [-0.4, -0.2) is 42.1 Å². The first-order valence-electron chi connectivity index (χ1n) is 7.55. The van der Waals surface area contributed by atoms with Crippen LogP contribution in [-0.2, 0) is 16.0 Å². The average Bonchev–Trinajstić information content (AvgIpc) is 2.48. The molecule has 0 spiro atoms. The molecule has 1 aromatic carbocycles. The van der Waals surface area contributed by atoms with Crippen molar-refractivity contribution in [3.8, 4) is 5.75 Å². The summed E-state index contributed by atoms with van der Waals surface area (Å²) < 4.78 is 5.17. The van der Waals surface area contributed by atoms with E-state index in [0.717, 1.165) is 11.3 Å². The van der Waals surface area contributed by atoms with Crippen LogP contribution in [0.2, 0.25) is 0 Å². The van der Waals surface area contributed by atoms with Gasteiger partial charge in [-0.3, -0.25) is 9.59 Å². The molecule has 0 aliphatic rings. The normalized spacial score (nSPS) is 10.5. The van der Waals surface area contributed by atoms with Crippen molar-refractivity contribution in [3.05, 3.63) is 29.8 Å². The number of ether oxygens (including phenoxy) is 1. The van der Waals surface area contributed by atoms with Crippen LogP contribution in [0.25, 0.3) is 0 Å². The summed E-state index contributed by atoms with van der Waals surface area (Å²) >= 11 is 0. The van der Waals surface area contributed by atoms with Crippen molar-refractivity contribution in [2.75, 3.05) is 20.2 Å². The Morgan fingerprint density at radius 2 is 2.00 bits per heavy atom. The molecule has 0 saturated heterocycles. The van der Waals surface area contributed by atoms with Crippen LogP contribution in [0.1, 0.15) is 32.3 Å². The molecule has 0 atom stereocenters. The van der Waals surface area contributed by atoms with Gasteiger partial charge in [-0.1, -0.05) is 26.0 Å². The highest BCUT2D eigenvalue weighted by Crippen LogP contribution is 2.14. The van der Waals surface area contributed by atoms with Crippen LogP contribution in [0, 0.1) is 5.92 Å². The maximum absolute atomic E-state index is 12.3. The Morgan fingerprint density at radius 3 is 2.59 bits per heavy atom. The van der Waals surface area contributed by atoms with E-state index in [9.17, 15) is 9.59 Å². The smallest absolute Gasteiger partial charge is 0.305 e. The van der Waals surface area contributed by atoms with E-state index in [2.05, 4.69) is 0 Å². The van der Waals surface area contributed by atoms with Gasteiger partial charge in [0, 0.05) is 19.5 Å². The molecule has 1 amide bonds. The lowest BCUT2D eigenvalue weighted by molar-refractivity contribution is -0.138. The Morgan fingerprint density at radius 1 is 1.27 bits per heavy atom. The molecule has 0 bridgehead atoms. The molecule has 0 aliphatic carbocycles. The Balaban J connectivity index is 2.59. The number of carboxylic acids is 1. The molecule has 5 nitrogen and oxygen atoms in total. The number of carboxylic acid groups (broad SMARTS) is 1. The molecule has 0 aromatic heterocycles. The van der Waals surface area contributed by atoms with Gasteiger partial charge in [-0.15, -0.1) is 0 Å². The molecule has 0 heterocycles. The molecular formula is C17H25NO4. The third kappa shape index (κ3) is 6.61. The van der Waals surface area contributed by atoms with Crippen LogP contribution < -0.4 is 4.74 Å². The number of rotatable bonds is 9. The number of aliphatic carboxylic acids is 1. The second-order valence-electron chi connectivity index (χ2n) is 5.73. The van der Waals surface area contributed by atoms with Crippen molar-refractivity contribution in [1.29, 1.82) is 0 Å². The van der Waals surface area contributed by atoms with Gasteiger partial charge in [0.1, 0.15) is 5.75 Å². The highest BCUT2D eigenvalue weighted by atomic mass is 16.5. The van der Waals surface area contributed by atoms with E-state index in [0.29, 0.717) is 25.3 Å². The fourth-order valence-electron chi connectivity index (χ4n) is 2.23. The number of carbonyl (C=O) groups is 2. The third-order valence-electron chi connectivity index (χ3n) is 3.30. The Labute approximate surface area is 131 Å². The summed E-state index contributed by atoms with van der Waals surface area (Å²) in [6, 6.07) is 7.63. The van der Waals surface area contributed by atoms with Crippen molar-refractivity contribution in [3.63, 3.8) is 0 Å². The molecule has 5 heteroatoms. The lowest BCUT2D eigenvalue weighted by Gasteiger charge is -2.24. The number of aryl methyl sites for hydroxylation is 1. The summed E-state index contributed by atoms with van der Waals surface area (Å²) in [6.45, 7) is 4.89. The van der Waals surface area contributed by atoms with Crippen molar-refractivity contribution in [2.45, 2.75) is 33.1 Å². The Hall–Kier alpha value is -2.04. The van der Waals surface area contributed by atoms with Crippen LogP contribution >= 0.6 is 0 Å². The predicted octanol–water partition coefficient (Wildman–Crippen LogP) is 2.59. The quantitative estimate of drug-likeness (QED) is 0.761. The number of hydrogen-bond acceptors (Lipinski definition) is 3. The average molecular weight is 307 g/mol. The minimum Gasteiger partial charge on any atom is -0.497 e. The second-order valence-corrected chi connectivity index (χ2v) is 5.73. The first-order valence-corrected chi connectivity index (χ1v) is 7.55. The van der Waals surface area contributed by atoms with Crippen molar-refractivity contribution < 1.29 is 19.4 Å². The maximum Gasteiger partial charge on any atom is 0.305 e. The van der Waals surface area contributed by atoms with E-state index in [1.54, 1.807) is 12.0 Å². The number of carbonyl (C=O) groups excluding carboxylic acids is 1. The van der Waals surface area contributed by atoms with Gasteiger partial charge >= 0.3 is 5.97 Å². The van der Waals surface area contributed by atoms with Gasteiger partial charge in [0.15, 0.2) is 0 Å². The fourth-order valence-corrected chi connectivity index (χ4v) is 2.23. The molecule has 1 N–H and O–H groups in total. The minimum absolute atomic E-state index is 0.00206. The van der Waals surface area contributed by atoms with Crippen LogP contribution in [0.5, 0.6) is 5.75 Å². The van der Waals surface area contributed by atoms with Crippen LogP contribution in [0.15, 0.2) is 24.3 Å². The van der Waals surface area contributed by atoms with E-state index in [-0.39, 0.29) is 18.9 Å². The monoisotopic (exact) mass is 307 g/mol. The topological polar surface area (TPSA) is 66.8 Å². The fraction of sp³-hybridized carbons (Fsp3) is 0.529. The van der Waals surface area contributed by atoms with E-state index < -0.39 is 5.97 Å². The number of nitrogens with zero attached hydrogens (tertiary/aromatic N) is 1. The number of benzene rings is 1. The highest BCUT2D eigenvalue weighted by molar-refractivity contribution is 5.77. The zero-order valence-corrected chi connectivity index (χ0v) is 13.5. The third-order valence-corrected chi connectivity index (χ3v) is 3.30. The van der Waals surface area contributed by atoms with Gasteiger partial charge in [0.05, 0.1) is 13.5 Å². The molecule has 1 rings (SSSR count). The molecule has 0 fully saturated rings. The van der Waals surface area contributed by atoms with E-state index in [1.165, 1.54) is 0 Å². The second kappa shape index (κ2) is 9.07. The van der Waals surface area contributed by atoms with E-state index in [4.69, 9.17) is 9.84 Å². The first kappa shape index (κ1) is 18.0. The van der Waals surface area contributed by atoms with Crippen LogP contribution in [0.4, 0.5) is 0 Å². The summed E-state index contributed by atoms with van der Waals surface area (Å²) in [5.74, 6) is 0.205. The number of hydrogen-bond donors (Lipinski definition) is 1. The summed E-state index contributed by atoms with van der Waals surface area (Å²) in [4.78, 5) is 24.7. The van der Waals surface area contributed by atoms with Crippen molar-refractivity contribution >= 4 is 11.9 Å². The molecule has 0 radical (unpaired) electrons. The molecule has 0 unspecified atom stereocenters. The summed E-state index contributed by atoms with van der Waals surface area (Å²) in [5.41, 5.74) is 1.04. The lowest BCUT2D eigenvalue weighted by Crippen LogP contribution is -2.36. The van der Waals surface area contributed by atoms with Gasteiger partial charge in [-0.2, -0.15) is 0 Å². The number of methoxy groups -OCH3 is 1. The van der Waals surface area contributed by atoms with Gasteiger partial charge in [0.25, 0.3) is 0 Å². The zero-order chi connectivity index (χ0) is 16.5. The van der Waals surface area contributed by atoms with Crippen molar-refractivity contribution in [1.82, 2.24) is 4.90 Å². The van der Waals surface area contributed by atoms with Crippen molar-refractivity contribution in [2.24, 2.45) is 5.92 Å². The Kier molecular flexibility index (Phi) is 7.43. The summed E-state index contributed by atoms with van der Waals surface area (Å²) in [6.07, 6.45) is 0.981.